The maximum absolute atomic E-state index is 11.9. The van der Waals surface area contributed by atoms with E-state index in [2.05, 4.69) is 5.32 Å². The second kappa shape index (κ2) is 6.89. The molecule has 110 valence electrons. The number of carbonyl (C=O) groups excluding carboxylic acids is 1. The molecule has 0 aromatic carbocycles. The molecule has 0 radical (unpaired) electrons. The van der Waals surface area contributed by atoms with E-state index in [1.807, 2.05) is 20.8 Å². The van der Waals surface area contributed by atoms with E-state index < -0.39 is 17.4 Å². The van der Waals surface area contributed by atoms with Gasteiger partial charge in [-0.2, -0.15) is 0 Å². The van der Waals surface area contributed by atoms with Gasteiger partial charge >= 0.3 is 5.97 Å². The summed E-state index contributed by atoms with van der Waals surface area (Å²) in [6, 6.07) is 0. The van der Waals surface area contributed by atoms with Crippen LogP contribution < -0.4 is 5.32 Å². The lowest BCUT2D eigenvalue weighted by molar-refractivity contribution is -0.147. The second-order valence-corrected chi connectivity index (χ2v) is 5.63. The molecule has 19 heavy (non-hydrogen) atoms. The van der Waals surface area contributed by atoms with Gasteiger partial charge in [-0.3, -0.25) is 9.59 Å². The molecule has 2 N–H and O–H groups in total. The van der Waals surface area contributed by atoms with Crippen molar-refractivity contribution in [3.63, 3.8) is 0 Å². The summed E-state index contributed by atoms with van der Waals surface area (Å²) in [5, 5.41) is 12.1. The molecular weight excluding hydrogens is 246 g/mol. The first kappa shape index (κ1) is 16.0. The number of amides is 1. The van der Waals surface area contributed by atoms with Crippen LogP contribution >= 0.6 is 0 Å². The first-order chi connectivity index (χ1) is 8.89. The summed E-state index contributed by atoms with van der Waals surface area (Å²) in [6.07, 6.45) is 4.08. The molecule has 3 unspecified atom stereocenters. The molecule has 5 heteroatoms. The monoisotopic (exact) mass is 271 g/mol. The van der Waals surface area contributed by atoms with Crippen molar-refractivity contribution in [2.45, 2.75) is 64.5 Å². The van der Waals surface area contributed by atoms with Gasteiger partial charge in [0.1, 0.15) is 6.61 Å². The molecule has 0 aliphatic heterocycles. The van der Waals surface area contributed by atoms with Crippen LogP contribution in [0.4, 0.5) is 0 Å². The molecular formula is C14H25NO4. The van der Waals surface area contributed by atoms with E-state index in [0.717, 1.165) is 19.3 Å². The van der Waals surface area contributed by atoms with E-state index >= 15 is 0 Å². The highest BCUT2D eigenvalue weighted by Gasteiger charge is 2.42. The number of carboxylic acid groups (broad SMARTS) is 1. The van der Waals surface area contributed by atoms with Crippen molar-refractivity contribution in [1.82, 2.24) is 5.32 Å². The lowest BCUT2D eigenvalue weighted by Crippen LogP contribution is -2.56. The Kier molecular flexibility index (Phi) is 5.79. The molecule has 0 bridgehead atoms. The highest BCUT2D eigenvalue weighted by Crippen LogP contribution is 2.33. The summed E-state index contributed by atoms with van der Waals surface area (Å²) in [7, 11) is 0. The standard InChI is InChI=1S/C14H25NO4/c1-4-10(2)19-9-12(16)15-14(3)8-6-5-7-11(14)13(17)18/h10-11H,4-9H2,1-3H3,(H,15,16)(H,17,18). The van der Waals surface area contributed by atoms with Crippen molar-refractivity contribution in [3.05, 3.63) is 0 Å². The van der Waals surface area contributed by atoms with Crippen molar-refractivity contribution in [1.29, 1.82) is 0 Å². The minimum atomic E-state index is -0.828. The van der Waals surface area contributed by atoms with Gasteiger partial charge in [-0.25, -0.2) is 0 Å². The fourth-order valence-corrected chi connectivity index (χ4v) is 2.57. The van der Waals surface area contributed by atoms with E-state index in [0.29, 0.717) is 12.8 Å². The predicted molar refractivity (Wildman–Crippen MR) is 71.8 cm³/mol. The quantitative estimate of drug-likeness (QED) is 0.774. The molecule has 3 atom stereocenters. The number of ether oxygens (including phenoxy) is 1. The molecule has 1 aliphatic carbocycles. The summed E-state index contributed by atoms with van der Waals surface area (Å²) >= 11 is 0. The molecule has 5 nitrogen and oxygen atoms in total. The first-order valence-electron chi connectivity index (χ1n) is 7.04. The van der Waals surface area contributed by atoms with Gasteiger partial charge in [-0.05, 0) is 33.1 Å². The Balaban J connectivity index is 2.56. The minimum absolute atomic E-state index is 0.00304. The van der Waals surface area contributed by atoms with Crippen LogP contribution in [0.1, 0.15) is 52.9 Å². The smallest absolute Gasteiger partial charge is 0.308 e. The molecule has 1 amide bonds. The highest BCUT2D eigenvalue weighted by molar-refractivity contribution is 5.80. The number of nitrogens with one attached hydrogen (secondary N) is 1. The Morgan fingerprint density at radius 3 is 2.74 bits per heavy atom. The number of hydrogen-bond acceptors (Lipinski definition) is 3. The van der Waals surface area contributed by atoms with Gasteiger partial charge in [0.15, 0.2) is 0 Å². The molecule has 0 saturated heterocycles. The van der Waals surface area contributed by atoms with E-state index in [4.69, 9.17) is 4.74 Å². The first-order valence-corrected chi connectivity index (χ1v) is 7.04. The van der Waals surface area contributed by atoms with Crippen molar-refractivity contribution in [3.8, 4) is 0 Å². The van der Waals surface area contributed by atoms with E-state index in [1.54, 1.807) is 0 Å². The Labute approximate surface area is 114 Å². The summed E-state index contributed by atoms with van der Waals surface area (Å²) in [6.45, 7) is 5.73. The lowest BCUT2D eigenvalue weighted by atomic mass is 9.74. The zero-order valence-electron chi connectivity index (χ0n) is 12.1. The van der Waals surface area contributed by atoms with Crippen LogP contribution in [0.3, 0.4) is 0 Å². The number of carboxylic acids is 1. The Morgan fingerprint density at radius 2 is 2.16 bits per heavy atom. The van der Waals surface area contributed by atoms with Crippen molar-refractivity contribution in [2.24, 2.45) is 5.92 Å². The highest BCUT2D eigenvalue weighted by atomic mass is 16.5. The van der Waals surface area contributed by atoms with Gasteiger partial charge < -0.3 is 15.2 Å². The van der Waals surface area contributed by atoms with Gasteiger partial charge in [0.2, 0.25) is 5.91 Å². The van der Waals surface area contributed by atoms with Crippen LogP contribution in [0.5, 0.6) is 0 Å². The van der Waals surface area contributed by atoms with Crippen LogP contribution in [0, 0.1) is 5.92 Å². The van der Waals surface area contributed by atoms with Gasteiger partial charge in [-0.1, -0.05) is 19.8 Å². The Hall–Kier alpha value is -1.10. The molecule has 0 aromatic rings. The number of aliphatic carboxylic acids is 1. The van der Waals surface area contributed by atoms with E-state index in [-0.39, 0.29) is 18.6 Å². The largest absolute Gasteiger partial charge is 0.481 e. The van der Waals surface area contributed by atoms with Crippen molar-refractivity contribution >= 4 is 11.9 Å². The van der Waals surface area contributed by atoms with Crippen LogP contribution in [0.15, 0.2) is 0 Å². The summed E-state index contributed by atoms with van der Waals surface area (Å²) in [5.74, 6) is -1.56. The van der Waals surface area contributed by atoms with E-state index in [1.165, 1.54) is 0 Å². The van der Waals surface area contributed by atoms with Crippen LogP contribution in [0.25, 0.3) is 0 Å². The maximum atomic E-state index is 11.9. The zero-order valence-corrected chi connectivity index (χ0v) is 12.1. The molecule has 0 spiro atoms. The number of hydrogen-bond donors (Lipinski definition) is 2. The normalized spacial score (nSPS) is 28.7. The third-order valence-corrected chi connectivity index (χ3v) is 4.00. The van der Waals surface area contributed by atoms with Crippen LogP contribution in [-0.2, 0) is 14.3 Å². The summed E-state index contributed by atoms with van der Waals surface area (Å²) in [4.78, 5) is 23.2. The minimum Gasteiger partial charge on any atom is -0.481 e. The maximum Gasteiger partial charge on any atom is 0.308 e. The van der Waals surface area contributed by atoms with Crippen LogP contribution in [0.2, 0.25) is 0 Å². The van der Waals surface area contributed by atoms with Crippen molar-refractivity contribution in [2.75, 3.05) is 6.61 Å². The molecule has 1 fully saturated rings. The van der Waals surface area contributed by atoms with Gasteiger partial charge in [-0.15, -0.1) is 0 Å². The lowest BCUT2D eigenvalue weighted by Gasteiger charge is -2.39. The Morgan fingerprint density at radius 1 is 1.47 bits per heavy atom. The molecule has 1 rings (SSSR count). The molecule has 0 aromatic heterocycles. The number of rotatable bonds is 6. The summed E-state index contributed by atoms with van der Waals surface area (Å²) in [5.41, 5.74) is -0.653. The average molecular weight is 271 g/mol. The number of carbonyl (C=O) groups is 2. The summed E-state index contributed by atoms with van der Waals surface area (Å²) < 4.78 is 5.38. The van der Waals surface area contributed by atoms with Gasteiger partial charge in [0.05, 0.1) is 17.6 Å². The topological polar surface area (TPSA) is 75.6 Å². The Bertz CT molecular complexity index is 331. The van der Waals surface area contributed by atoms with Gasteiger partial charge in [0, 0.05) is 0 Å². The molecule has 1 aliphatic rings. The molecule has 0 heterocycles. The van der Waals surface area contributed by atoms with Crippen LogP contribution in [-0.4, -0.2) is 35.2 Å². The average Bonchev–Trinajstić information content (AvgIpc) is 2.35. The van der Waals surface area contributed by atoms with Crippen molar-refractivity contribution < 1.29 is 19.4 Å². The fourth-order valence-electron chi connectivity index (χ4n) is 2.57. The third-order valence-electron chi connectivity index (χ3n) is 4.00. The zero-order chi connectivity index (χ0) is 14.5. The third kappa shape index (κ3) is 4.49. The van der Waals surface area contributed by atoms with Gasteiger partial charge in [0.25, 0.3) is 0 Å². The fraction of sp³-hybridized carbons (Fsp3) is 0.857. The predicted octanol–water partition coefficient (Wildman–Crippen LogP) is 1.95. The SMILES string of the molecule is CCC(C)OCC(=O)NC1(C)CCCCC1C(=O)O. The molecule has 1 saturated carbocycles. The van der Waals surface area contributed by atoms with E-state index in [9.17, 15) is 14.7 Å². The second-order valence-electron chi connectivity index (χ2n) is 5.63.